The summed E-state index contributed by atoms with van der Waals surface area (Å²) in [5, 5.41) is 10.6. The predicted molar refractivity (Wildman–Crippen MR) is 72.4 cm³/mol. The van der Waals surface area contributed by atoms with E-state index in [0.717, 1.165) is 0 Å². The molecule has 0 saturated heterocycles. The standard InChI is InChI=1S/C15H8F7NO2/c16-11-5-1-9(2-6-11)13(14(17,18)19,15(20,21)22)10-3-7-12(8-4-10)23(24)25/h1-8H. The fraction of sp³-hybridized carbons (Fsp3) is 0.200. The Labute approximate surface area is 135 Å². The molecular weight excluding hydrogens is 359 g/mol. The lowest BCUT2D eigenvalue weighted by Crippen LogP contribution is -2.54. The summed E-state index contributed by atoms with van der Waals surface area (Å²) in [5.41, 5.74) is -7.63. The highest BCUT2D eigenvalue weighted by Crippen LogP contribution is 2.56. The molecule has 0 unspecified atom stereocenters. The fourth-order valence-corrected chi connectivity index (χ4v) is 2.52. The Balaban J connectivity index is 2.83. The van der Waals surface area contributed by atoms with Gasteiger partial charge < -0.3 is 0 Å². The number of halogens is 7. The zero-order chi connectivity index (χ0) is 19.0. The Bertz CT molecular complexity index is 750. The number of hydrogen-bond acceptors (Lipinski definition) is 2. The van der Waals surface area contributed by atoms with Crippen molar-refractivity contribution < 1.29 is 35.7 Å². The molecule has 0 aromatic heterocycles. The van der Waals surface area contributed by atoms with Crippen molar-refractivity contribution in [1.82, 2.24) is 0 Å². The van der Waals surface area contributed by atoms with Crippen molar-refractivity contribution in [3.63, 3.8) is 0 Å². The molecule has 0 amide bonds. The number of alkyl halides is 6. The maximum atomic E-state index is 13.7. The molecule has 2 aromatic rings. The van der Waals surface area contributed by atoms with Crippen LogP contribution >= 0.6 is 0 Å². The van der Waals surface area contributed by atoms with Crippen LogP contribution in [0, 0.1) is 15.9 Å². The lowest BCUT2D eigenvalue weighted by Gasteiger charge is -2.38. The lowest BCUT2D eigenvalue weighted by molar-refractivity contribution is -0.384. The van der Waals surface area contributed by atoms with Gasteiger partial charge in [-0.25, -0.2) is 4.39 Å². The molecule has 0 heterocycles. The van der Waals surface area contributed by atoms with Gasteiger partial charge in [-0.2, -0.15) is 26.3 Å². The van der Waals surface area contributed by atoms with Crippen LogP contribution in [-0.4, -0.2) is 17.3 Å². The molecule has 3 nitrogen and oxygen atoms in total. The van der Waals surface area contributed by atoms with E-state index in [-0.39, 0.29) is 0 Å². The molecule has 25 heavy (non-hydrogen) atoms. The lowest BCUT2D eigenvalue weighted by atomic mass is 9.73. The molecule has 0 aliphatic rings. The van der Waals surface area contributed by atoms with Gasteiger partial charge in [0.05, 0.1) is 4.92 Å². The molecule has 0 aliphatic carbocycles. The van der Waals surface area contributed by atoms with Gasteiger partial charge in [-0.05, 0) is 23.3 Å². The molecule has 134 valence electrons. The number of nitro benzene ring substituents is 1. The number of hydrogen-bond donors (Lipinski definition) is 0. The molecule has 0 fully saturated rings. The van der Waals surface area contributed by atoms with E-state index in [1.807, 2.05) is 0 Å². The number of rotatable bonds is 3. The van der Waals surface area contributed by atoms with E-state index in [9.17, 15) is 40.8 Å². The number of nitrogens with zero attached hydrogens (tertiary/aromatic N) is 1. The van der Waals surface area contributed by atoms with Gasteiger partial charge in [-0.15, -0.1) is 0 Å². The van der Waals surface area contributed by atoms with Crippen LogP contribution in [0.5, 0.6) is 0 Å². The van der Waals surface area contributed by atoms with Crippen molar-refractivity contribution in [1.29, 1.82) is 0 Å². The van der Waals surface area contributed by atoms with Gasteiger partial charge >= 0.3 is 12.4 Å². The molecule has 0 saturated carbocycles. The maximum absolute atomic E-state index is 13.7. The highest BCUT2D eigenvalue weighted by molar-refractivity contribution is 5.46. The second-order valence-electron chi connectivity index (χ2n) is 5.06. The average molecular weight is 367 g/mol. The third kappa shape index (κ3) is 3.03. The van der Waals surface area contributed by atoms with Crippen LogP contribution in [0.25, 0.3) is 0 Å². The highest BCUT2D eigenvalue weighted by Gasteiger charge is 2.72. The topological polar surface area (TPSA) is 43.1 Å². The summed E-state index contributed by atoms with van der Waals surface area (Å²) in [7, 11) is 0. The smallest absolute Gasteiger partial charge is 0.258 e. The number of nitro groups is 1. The molecule has 0 radical (unpaired) electrons. The highest BCUT2D eigenvalue weighted by atomic mass is 19.4. The first-order chi connectivity index (χ1) is 11.4. The van der Waals surface area contributed by atoms with Gasteiger partial charge in [-0.3, -0.25) is 10.1 Å². The first-order valence-corrected chi connectivity index (χ1v) is 6.55. The monoisotopic (exact) mass is 367 g/mol. The van der Waals surface area contributed by atoms with Crippen LogP contribution in [0.2, 0.25) is 0 Å². The molecule has 0 atom stereocenters. The van der Waals surface area contributed by atoms with Gasteiger partial charge in [0.15, 0.2) is 0 Å². The molecule has 2 rings (SSSR count). The summed E-state index contributed by atoms with van der Waals surface area (Å²) < 4.78 is 94.9. The van der Waals surface area contributed by atoms with E-state index >= 15 is 0 Å². The van der Waals surface area contributed by atoms with Crippen LogP contribution in [0.15, 0.2) is 48.5 Å². The van der Waals surface area contributed by atoms with Crippen molar-refractivity contribution in [2.75, 3.05) is 0 Å². The molecule has 10 heteroatoms. The van der Waals surface area contributed by atoms with Crippen LogP contribution in [0.1, 0.15) is 11.1 Å². The normalized spacial score (nSPS) is 12.9. The summed E-state index contributed by atoms with van der Waals surface area (Å²) >= 11 is 0. The zero-order valence-corrected chi connectivity index (χ0v) is 12.0. The van der Waals surface area contributed by atoms with Crippen LogP contribution in [0.4, 0.5) is 36.4 Å². The Kier molecular flexibility index (Phi) is 4.49. The fourth-order valence-electron chi connectivity index (χ4n) is 2.52. The molecule has 0 N–H and O–H groups in total. The van der Waals surface area contributed by atoms with E-state index in [1.165, 1.54) is 0 Å². The second kappa shape index (κ2) is 6.01. The van der Waals surface area contributed by atoms with E-state index < -0.39 is 45.3 Å². The Morgan fingerprint density at radius 3 is 1.40 bits per heavy atom. The first-order valence-electron chi connectivity index (χ1n) is 6.55. The first kappa shape index (κ1) is 18.7. The summed E-state index contributed by atoms with van der Waals surface area (Å²) in [5.74, 6) is -1.01. The number of non-ortho nitro benzene ring substituents is 1. The Hall–Kier alpha value is -2.65. The van der Waals surface area contributed by atoms with E-state index in [0.29, 0.717) is 48.5 Å². The maximum Gasteiger partial charge on any atom is 0.411 e. The summed E-state index contributed by atoms with van der Waals surface area (Å²) in [6.07, 6.45) is -11.7. The molecule has 0 spiro atoms. The zero-order valence-electron chi connectivity index (χ0n) is 12.0. The van der Waals surface area contributed by atoms with Crippen LogP contribution < -0.4 is 0 Å². The van der Waals surface area contributed by atoms with Gasteiger partial charge in [0, 0.05) is 12.1 Å². The molecule has 0 aliphatic heterocycles. The minimum Gasteiger partial charge on any atom is -0.258 e. The van der Waals surface area contributed by atoms with Gasteiger partial charge in [0.2, 0.25) is 5.41 Å². The molecule has 2 aromatic carbocycles. The van der Waals surface area contributed by atoms with Gasteiger partial charge in [0.1, 0.15) is 5.82 Å². The van der Waals surface area contributed by atoms with Crippen molar-refractivity contribution in [3.8, 4) is 0 Å². The minimum atomic E-state index is -5.83. The van der Waals surface area contributed by atoms with Crippen molar-refractivity contribution in [2.24, 2.45) is 0 Å². The van der Waals surface area contributed by atoms with Crippen molar-refractivity contribution in [3.05, 3.63) is 75.6 Å². The summed E-state index contributed by atoms with van der Waals surface area (Å²) in [4.78, 5) is 9.63. The van der Waals surface area contributed by atoms with Gasteiger partial charge in [0.25, 0.3) is 5.69 Å². The summed E-state index contributed by atoms with van der Waals surface area (Å²) in [6.45, 7) is 0. The Morgan fingerprint density at radius 2 is 1.08 bits per heavy atom. The third-order valence-electron chi connectivity index (χ3n) is 3.64. The Morgan fingerprint density at radius 1 is 0.720 bits per heavy atom. The van der Waals surface area contributed by atoms with Crippen LogP contribution in [-0.2, 0) is 5.41 Å². The SMILES string of the molecule is O=[N+]([O-])c1ccc(C(c2ccc(F)cc2)(C(F)(F)F)C(F)(F)F)cc1. The van der Waals surface area contributed by atoms with Crippen molar-refractivity contribution in [2.45, 2.75) is 17.8 Å². The predicted octanol–water partition coefficient (Wildman–Crippen LogP) is 5.14. The van der Waals surface area contributed by atoms with E-state index in [4.69, 9.17) is 0 Å². The van der Waals surface area contributed by atoms with Gasteiger partial charge in [-0.1, -0.05) is 24.3 Å². The summed E-state index contributed by atoms with van der Waals surface area (Å²) in [6, 6.07) is 3.61. The van der Waals surface area contributed by atoms with E-state index in [1.54, 1.807) is 0 Å². The van der Waals surface area contributed by atoms with E-state index in [2.05, 4.69) is 0 Å². The number of benzene rings is 2. The minimum absolute atomic E-state index is 0.387. The quantitative estimate of drug-likeness (QED) is 0.428. The largest absolute Gasteiger partial charge is 0.411 e. The average Bonchev–Trinajstić information content (AvgIpc) is 2.47. The van der Waals surface area contributed by atoms with Crippen LogP contribution in [0.3, 0.4) is 0 Å². The van der Waals surface area contributed by atoms with Crippen molar-refractivity contribution >= 4 is 5.69 Å². The molecule has 0 bridgehead atoms. The second-order valence-corrected chi connectivity index (χ2v) is 5.06. The third-order valence-corrected chi connectivity index (χ3v) is 3.64. The molecular formula is C15H8F7NO2.